The van der Waals surface area contributed by atoms with E-state index in [0.29, 0.717) is 30.7 Å². The van der Waals surface area contributed by atoms with Gasteiger partial charge in [-0.05, 0) is 12.7 Å². The molecule has 8 heteroatoms. The molecule has 0 amide bonds. The number of fused-ring (bicyclic) bond motifs is 1. The minimum Gasteiger partial charge on any atom is -0.469 e. The van der Waals surface area contributed by atoms with Crippen LogP contribution >= 0.6 is 11.8 Å². The Morgan fingerprint density at radius 1 is 1.23 bits per heavy atom. The van der Waals surface area contributed by atoms with E-state index in [1.807, 2.05) is 30.6 Å². The summed E-state index contributed by atoms with van der Waals surface area (Å²) < 4.78 is 23.2. The summed E-state index contributed by atoms with van der Waals surface area (Å²) in [5.41, 5.74) is 0. The predicted octanol–water partition coefficient (Wildman–Crippen LogP) is 1.79. The largest absolute Gasteiger partial charge is 0.469 e. The molecule has 0 aromatic carbocycles. The van der Waals surface area contributed by atoms with Gasteiger partial charge in [-0.1, -0.05) is 36.1 Å². The molecule has 5 atom stereocenters. The van der Waals surface area contributed by atoms with Crippen LogP contribution < -0.4 is 4.74 Å². The molecule has 0 bridgehead atoms. The summed E-state index contributed by atoms with van der Waals surface area (Å²) in [6, 6.07) is 1.71. The van der Waals surface area contributed by atoms with Gasteiger partial charge in [0.05, 0.1) is 19.1 Å². The van der Waals surface area contributed by atoms with Crippen molar-refractivity contribution in [2.75, 3.05) is 19.5 Å². The monoisotopic (exact) mass is 376 g/mol. The maximum atomic E-state index is 12.3. The molecule has 0 N–H and O–H groups in total. The van der Waals surface area contributed by atoms with Crippen LogP contribution in [0, 0.1) is 5.92 Å². The highest BCUT2D eigenvalue weighted by Gasteiger charge is 2.51. The highest BCUT2D eigenvalue weighted by atomic mass is 32.2. The van der Waals surface area contributed by atoms with Crippen molar-refractivity contribution in [3.05, 3.63) is 36.6 Å². The van der Waals surface area contributed by atoms with Crippen molar-refractivity contribution < 1.29 is 23.7 Å². The van der Waals surface area contributed by atoms with Gasteiger partial charge in [-0.25, -0.2) is 4.98 Å². The van der Waals surface area contributed by atoms with E-state index in [9.17, 15) is 4.79 Å². The van der Waals surface area contributed by atoms with Crippen molar-refractivity contribution in [2.45, 2.75) is 36.0 Å². The molecule has 138 valence electrons. The number of rotatable bonds is 5. The Balaban J connectivity index is 1.35. The summed E-state index contributed by atoms with van der Waals surface area (Å²) in [7, 11) is 0. The Hall–Kier alpha value is -1.90. The van der Waals surface area contributed by atoms with E-state index in [0.717, 1.165) is 0 Å². The molecule has 3 aliphatic rings. The highest BCUT2D eigenvalue weighted by molar-refractivity contribution is 7.98. The third-order valence-electron chi connectivity index (χ3n) is 4.58. The number of carbonyl (C=O) groups is 1. The fourth-order valence-electron chi connectivity index (χ4n) is 3.27. The van der Waals surface area contributed by atoms with E-state index in [1.54, 1.807) is 12.3 Å². The van der Waals surface area contributed by atoms with Crippen LogP contribution in [0.1, 0.15) is 6.42 Å². The second kappa shape index (κ2) is 7.77. The van der Waals surface area contributed by atoms with Gasteiger partial charge in [-0.2, -0.15) is 4.98 Å². The number of carbonyl (C=O) groups excluding carboxylic acids is 1. The van der Waals surface area contributed by atoms with Crippen LogP contribution in [0.15, 0.2) is 41.7 Å². The third kappa shape index (κ3) is 3.62. The Morgan fingerprint density at radius 2 is 2.04 bits per heavy atom. The zero-order chi connectivity index (χ0) is 17.9. The van der Waals surface area contributed by atoms with Crippen LogP contribution in [0.5, 0.6) is 5.88 Å². The molecule has 1 aliphatic carbocycles. The quantitative estimate of drug-likeness (QED) is 0.437. The van der Waals surface area contributed by atoms with Crippen LogP contribution in [-0.4, -0.2) is 59.8 Å². The first-order valence-electron chi connectivity index (χ1n) is 8.55. The second-order valence-corrected chi connectivity index (χ2v) is 7.04. The lowest BCUT2D eigenvalue weighted by Crippen LogP contribution is -2.37. The molecule has 26 heavy (non-hydrogen) atoms. The fraction of sp³-hybridized carbons (Fsp3) is 0.500. The van der Waals surface area contributed by atoms with Crippen molar-refractivity contribution in [1.29, 1.82) is 0 Å². The van der Waals surface area contributed by atoms with Crippen molar-refractivity contribution >= 4 is 17.7 Å². The number of hydrogen-bond donors (Lipinski definition) is 0. The van der Waals surface area contributed by atoms with Crippen molar-refractivity contribution in [3.8, 4) is 5.88 Å². The summed E-state index contributed by atoms with van der Waals surface area (Å²) in [6.07, 6.45) is 10.6. The van der Waals surface area contributed by atoms with Crippen molar-refractivity contribution in [3.63, 3.8) is 0 Å². The number of allylic oxidation sites excluding steroid dienone is 3. The molecule has 4 rings (SSSR count). The van der Waals surface area contributed by atoms with Gasteiger partial charge < -0.3 is 18.9 Å². The van der Waals surface area contributed by atoms with Crippen molar-refractivity contribution in [1.82, 2.24) is 9.97 Å². The predicted molar refractivity (Wildman–Crippen MR) is 94.0 cm³/mol. The number of aromatic nitrogens is 2. The van der Waals surface area contributed by atoms with Gasteiger partial charge in [0.25, 0.3) is 0 Å². The molecule has 0 saturated carbocycles. The number of thioether (sulfide) groups is 1. The first kappa shape index (κ1) is 17.5. The molecule has 2 fully saturated rings. The first-order chi connectivity index (χ1) is 12.7. The smallest absolute Gasteiger partial charge is 0.313 e. The average Bonchev–Trinajstić information content (AvgIpc) is 3.26. The third-order valence-corrected chi connectivity index (χ3v) is 5.14. The fourth-order valence-corrected chi connectivity index (χ4v) is 3.61. The van der Waals surface area contributed by atoms with E-state index < -0.39 is 6.10 Å². The van der Waals surface area contributed by atoms with Crippen LogP contribution in [0.4, 0.5) is 0 Å². The minimum atomic E-state index is -0.410. The van der Waals surface area contributed by atoms with E-state index in [1.165, 1.54) is 11.8 Å². The summed E-state index contributed by atoms with van der Waals surface area (Å²) in [5.74, 6) is 0.00786. The maximum absolute atomic E-state index is 12.3. The van der Waals surface area contributed by atoms with Gasteiger partial charge in [0.1, 0.15) is 12.2 Å². The Bertz CT molecular complexity index is 725. The van der Waals surface area contributed by atoms with E-state index in [4.69, 9.17) is 18.9 Å². The standard InChI is InChI=1S/C18H20N2O5S/c1-26-18-19-8-7-14(20-18)24-12-9-22-16-13(10-23-15(12)16)25-17(21)11-5-3-2-4-6-11/h2-5,7-8,11-13,15-16H,6,9-10H2,1H3/t11?,12-,13-,15+,16+/m0/s1. The molecule has 2 aliphatic heterocycles. The second-order valence-electron chi connectivity index (χ2n) is 6.26. The van der Waals surface area contributed by atoms with Gasteiger partial charge in [-0.15, -0.1) is 0 Å². The molecule has 0 spiro atoms. The Kier molecular flexibility index (Phi) is 5.23. The van der Waals surface area contributed by atoms with E-state index >= 15 is 0 Å². The first-order valence-corrected chi connectivity index (χ1v) is 9.78. The maximum Gasteiger partial charge on any atom is 0.313 e. The summed E-state index contributed by atoms with van der Waals surface area (Å²) in [4.78, 5) is 20.8. The van der Waals surface area contributed by atoms with Crippen LogP contribution in [0.25, 0.3) is 0 Å². The van der Waals surface area contributed by atoms with Gasteiger partial charge in [0, 0.05) is 12.3 Å². The molecule has 2 saturated heterocycles. The van der Waals surface area contributed by atoms with Crippen LogP contribution in [-0.2, 0) is 19.0 Å². The Labute approximate surface area is 155 Å². The molecular weight excluding hydrogens is 356 g/mol. The highest BCUT2D eigenvalue weighted by Crippen LogP contribution is 2.32. The lowest BCUT2D eigenvalue weighted by Gasteiger charge is -2.19. The molecular formula is C18H20N2O5S. The summed E-state index contributed by atoms with van der Waals surface area (Å²) in [5, 5.41) is 0.645. The van der Waals surface area contributed by atoms with Crippen LogP contribution in [0.3, 0.4) is 0 Å². The number of nitrogens with zero attached hydrogens (tertiary/aromatic N) is 2. The lowest BCUT2D eigenvalue weighted by molar-refractivity contribution is -0.157. The zero-order valence-corrected chi connectivity index (χ0v) is 15.1. The SMILES string of the molecule is CSc1nccc(O[C@H]2CO[C@H]3[C@@H]2OC[C@@H]3OC(=O)C2C=CC=CC2)n1. The minimum absolute atomic E-state index is 0.238. The topological polar surface area (TPSA) is 79.8 Å². The van der Waals surface area contributed by atoms with Gasteiger partial charge in [0.2, 0.25) is 5.88 Å². The van der Waals surface area contributed by atoms with Crippen molar-refractivity contribution in [2.24, 2.45) is 5.92 Å². The number of ether oxygens (including phenoxy) is 4. The van der Waals surface area contributed by atoms with Gasteiger partial charge in [-0.3, -0.25) is 4.79 Å². The molecule has 0 radical (unpaired) electrons. The van der Waals surface area contributed by atoms with E-state index in [-0.39, 0.29) is 30.2 Å². The zero-order valence-electron chi connectivity index (χ0n) is 14.3. The number of esters is 1. The molecule has 3 heterocycles. The molecule has 1 aromatic heterocycles. The lowest BCUT2D eigenvalue weighted by atomic mass is 10.0. The summed E-state index contributed by atoms with van der Waals surface area (Å²) >= 11 is 1.45. The number of hydrogen-bond acceptors (Lipinski definition) is 8. The van der Waals surface area contributed by atoms with Crippen LogP contribution in [0.2, 0.25) is 0 Å². The summed E-state index contributed by atoms with van der Waals surface area (Å²) in [6.45, 7) is 0.682. The van der Waals surface area contributed by atoms with E-state index in [2.05, 4.69) is 9.97 Å². The normalized spacial score (nSPS) is 32.4. The molecule has 1 aromatic rings. The van der Waals surface area contributed by atoms with Gasteiger partial charge in [0.15, 0.2) is 17.4 Å². The molecule has 1 unspecified atom stereocenters. The average molecular weight is 376 g/mol. The molecule has 7 nitrogen and oxygen atoms in total. The van der Waals surface area contributed by atoms with Gasteiger partial charge >= 0.3 is 5.97 Å². The Morgan fingerprint density at radius 3 is 2.81 bits per heavy atom.